The first-order chi connectivity index (χ1) is 14.5. The predicted molar refractivity (Wildman–Crippen MR) is 120 cm³/mol. The van der Waals surface area contributed by atoms with Crippen molar-refractivity contribution in [1.82, 2.24) is 14.7 Å². The molecule has 1 heterocycles. The Morgan fingerprint density at radius 2 is 1.77 bits per heavy atom. The SMILES string of the molecule is CCCN(CC(=O)Nc1cc(-c2ccccc2)nn1-c1ccccc1Cl)C(=O)CC. The van der Waals surface area contributed by atoms with Gasteiger partial charge in [0.05, 0.1) is 22.9 Å². The summed E-state index contributed by atoms with van der Waals surface area (Å²) in [5.41, 5.74) is 2.29. The van der Waals surface area contributed by atoms with E-state index in [-0.39, 0.29) is 18.4 Å². The number of halogens is 1. The summed E-state index contributed by atoms with van der Waals surface area (Å²) < 4.78 is 1.62. The van der Waals surface area contributed by atoms with E-state index in [2.05, 4.69) is 10.4 Å². The number of carbonyl (C=O) groups excluding carboxylic acids is 2. The molecule has 3 aromatic rings. The third-order valence-electron chi connectivity index (χ3n) is 4.61. The lowest BCUT2D eigenvalue weighted by molar-refractivity contribution is -0.134. The summed E-state index contributed by atoms with van der Waals surface area (Å²) >= 11 is 6.38. The molecule has 7 heteroatoms. The van der Waals surface area contributed by atoms with Crippen molar-refractivity contribution in [2.75, 3.05) is 18.4 Å². The summed E-state index contributed by atoms with van der Waals surface area (Å²) in [5, 5.41) is 8.09. The van der Waals surface area contributed by atoms with Gasteiger partial charge in [0.2, 0.25) is 11.8 Å². The van der Waals surface area contributed by atoms with Gasteiger partial charge in [0.15, 0.2) is 0 Å². The van der Waals surface area contributed by atoms with E-state index in [1.54, 1.807) is 22.6 Å². The molecule has 2 amide bonds. The third kappa shape index (κ3) is 5.07. The van der Waals surface area contributed by atoms with Crippen LogP contribution in [0.4, 0.5) is 5.82 Å². The van der Waals surface area contributed by atoms with Crippen molar-refractivity contribution in [2.24, 2.45) is 0 Å². The highest BCUT2D eigenvalue weighted by atomic mass is 35.5. The van der Waals surface area contributed by atoms with Gasteiger partial charge in [-0.15, -0.1) is 0 Å². The summed E-state index contributed by atoms with van der Waals surface area (Å²) in [7, 11) is 0. The summed E-state index contributed by atoms with van der Waals surface area (Å²) in [5.74, 6) is 0.169. The number of nitrogens with one attached hydrogen (secondary N) is 1. The fourth-order valence-electron chi connectivity index (χ4n) is 3.17. The maximum atomic E-state index is 12.8. The van der Waals surface area contributed by atoms with Gasteiger partial charge in [0, 0.05) is 24.6 Å². The van der Waals surface area contributed by atoms with Crippen LogP contribution in [0, 0.1) is 0 Å². The molecule has 0 spiro atoms. The molecule has 1 aromatic heterocycles. The largest absolute Gasteiger partial charge is 0.333 e. The molecule has 0 unspecified atom stereocenters. The molecule has 0 saturated heterocycles. The zero-order valence-corrected chi connectivity index (χ0v) is 17.9. The smallest absolute Gasteiger partial charge is 0.245 e. The predicted octanol–water partition coefficient (Wildman–Crippen LogP) is 4.78. The van der Waals surface area contributed by atoms with E-state index in [1.807, 2.05) is 61.5 Å². The second-order valence-electron chi connectivity index (χ2n) is 6.86. The lowest BCUT2D eigenvalue weighted by atomic mass is 10.1. The van der Waals surface area contributed by atoms with Crippen LogP contribution in [0.15, 0.2) is 60.7 Å². The molecule has 0 aliphatic rings. The number of hydrogen-bond acceptors (Lipinski definition) is 3. The van der Waals surface area contributed by atoms with Crippen molar-refractivity contribution in [2.45, 2.75) is 26.7 Å². The highest BCUT2D eigenvalue weighted by Gasteiger charge is 2.19. The molecule has 6 nitrogen and oxygen atoms in total. The van der Waals surface area contributed by atoms with Crippen LogP contribution in [-0.2, 0) is 9.59 Å². The Morgan fingerprint density at radius 3 is 2.43 bits per heavy atom. The van der Waals surface area contributed by atoms with Gasteiger partial charge in [0.1, 0.15) is 5.82 Å². The molecule has 0 bridgehead atoms. The molecule has 3 rings (SSSR count). The molecule has 0 aliphatic heterocycles. The van der Waals surface area contributed by atoms with Crippen molar-refractivity contribution in [3.05, 3.63) is 65.7 Å². The zero-order chi connectivity index (χ0) is 21.5. The lowest BCUT2D eigenvalue weighted by Gasteiger charge is -2.21. The molecule has 1 N–H and O–H groups in total. The average molecular weight is 425 g/mol. The van der Waals surface area contributed by atoms with Crippen molar-refractivity contribution < 1.29 is 9.59 Å². The van der Waals surface area contributed by atoms with Gasteiger partial charge in [-0.25, -0.2) is 4.68 Å². The number of aromatic nitrogens is 2. The van der Waals surface area contributed by atoms with Crippen LogP contribution >= 0.6 is 11.6 Å². The Kier molecular flexibility index (Phi) is 7.25. The quantitative estimate of drug-likeness (QED) is 0.565. The Hall–Kier alpha value is -3.12. The first-order valence-corrected chi connectivity index (χ1v) is 10.4. The third-order valence-corrected chi connectivity index (χ3v) is 4.93. The van der Waals surface area contributed by atoms with Gasteiger partial charge in [-0.2, -0.15) is 5.10 Å². The molecule has 156 valence electrons. The standard InChI is InChI=1S/C23H25ClN4O2/c1-3-14-27(23(30)4-2)16-22(29)25-21-15-19(17-10-6-5-7-11-17)26-28(21)20-13-9-8-12-18(20)24/h5-13,15H,3-4,14,16H2,1-2H3,(H,25,29). The van der Waals surface area contributed by atoms with Crippen molar-refractivity contribution in [3.63, 3.8) is 0 Å². The van der Waals surface area contributed by atoms with Crippen LogP contribution in [0.25, 0.3) is 16.9 Å². The van der Waals surface area contributed by atoms with Crippen molar-refractivity contribution in [1.29, 1.82) is 0 Å². The first-order valence-electron chi connectivity index (χ1n) is 10.0. The Bertz CT molecular complexity index is 1020. The summed E-state index contributed by atoms with van der Waals surface area (Å²) in [6.07, 6.45) is 1.15. The van der Waals surface area contributed by atoms with E-state index in [4.69, 9.17) is 11.6 Å². The lowest BCUT2D eigenvalue weighted by Crippen LogP contribution is -2.38. The zero-order valence-electron chi connectivity index (χ0n) is 17.1. The molecule has 0 saturated carbocycles. The van der Waals surface area contributed by atoms with Gasteiger partial charge in [-0.1, -0.05) is 67.9 Å². The molecular formula is C23H25ClN4O2. The fraction of sp³-hybridized carbons (Fsp3) is 0.261. The maximum Gasteiger partial charge on any atom is 0.245 e. The topological polar surface area (TPSA) is 67.2 Å². The monoisotopic (exact) mass is 424 g/mol. The Balaban J connectivity index is 1.92. The van der Waals surface area contributed by atoms with E-state index in [1.165, 1.54) is 0 Å². The highest BCUT2D eigenvalue weighted by Crippen LogP contribution is 2.28. The van der Waals surface area contributed by atoms with Crippen molar-refractivity contribution >= 4 is 29.2 Å². The minimum Gasteiger partial charge on any atom is -0.333 e. The number of para-hydroxylation sites is 1. The van der Waals surface area contributed by atoms with Crippen LogP contribution in [0.5, 0.6) is 0 Å². The van der Waals surface area contributed by atoms with Crippen LogP contribution < -0.4 is 5.32 Å². The first kappa shape index (κ1) is 21.6. The molecule has 0 radical (unpaired) electrons. The summed E-state index contributed by atoms with van der Waals surface area (Å²) in [6, 6.07) is 18.8. The normalized spacial score (nSPS) is 10.6. The molecule has 2 aromatic carbocycles. The molecule has 0 aliphatic carbocycles. The number of nitrogens with zero attached hydrogens (tertiary/aromatic N) is 3. The van der Waals surface area contributed by atoms with E-state index in [0.29, 0.717) is 35.2 Å². The van der Waals surface area contributed by atoms with E-state index >= 15 is 0 Å². The second kappa shape index (κ2) is 10.1. The van der Waals surface area contributed by atoms with Crippen molar-refractivity contribution in [3.8, 4) is 16.9 Å². The molecule has 30 heavy (non-hydrogen) atoms. The van der Waals surface area contributed by atoms with Crippen LogP contribution in [-0.4, -0.2) is 39.6 Å². The van der Waals surface area contributed by atoms with Gasteiger partial charge in [-0.3, -0.25) is 9.59 Å². The van der Waals surface area contributed by atoms with Crippen LogP contribution in [0.3, 0.4) is 0 Å². The van der Waals surface area contributed by atoms with Gasteiger partial charge in [-0.05, 0) is 18.6 Å². The minimum absolute atomic E-state index is 0.00507. The number of rotatable bonds is 8. The van der Waals surface area contributed by atoms with Gasteiger partial charge in [0.25, 0.3) is 0 Å². The number of benzene rings is 2. The Labute approximate surface area is 181 Å². The number of carbonyl (C=O) groups is 2. The van der Waals surface area contributed by atoms with E-state index in [0.717, 1.165) is 12.0 Å². The van der Waals surface area contributed by atoms with Crippen LogP contribution in [0.1, 0.15) is 26.7 Å². The Morgan fingerprint density at radius 1 is 1.07 bits per heavy atom. The number of amides is 2. The molecule has 0 fully saturated rings. The highest BCUT2D eigenvalue weighted by molar-refractivity contribution is 6.32. The molecule has 0 atom stereocenters. The van der Waals surface area contributed by atoms with E-state index < -0.39 is 0 Å². The van der Waals surface area contributed by atoms with E-state index in [9.17, 15) is 9.59 Å². The summed E-state index contributed by atoms with van der Waals surface area (Å²) in [6.45, 7) is 4.31. The second-order valence-corrected chi connectivity index (χ2v) is 7.27. The number of anilines is 1. The minimum atomic E-state index is -0.280. The average Bonchev–Trinajstić information content (AvgIpc) is 3.17. The van der Waals surface area contributed by atoms with Gasteiger partial charge >= 0.3 is 0 Å². The van der Waals surface area contributed by atoms with Crippen LogP contribution in [0.2, 0.25) is 5.02 Å². The number of hydrogen-bond donors (Lipinski definition) is 1. The summed E-state index contributed by atoms with van der Waals surface area (Å²) in [4.78, 5) is 26.4. The maximum absolute atomic E-state index is 12.8. The molecular weight excluding hydrogens is 400 g/mol. The van der Waals surface area contributed by atoms with Gasteiger partial charge < -0.3 is 10.2 Å². The fourth-order valence-corrected chi connectivity index (χ4v) is 3.38.